The number of aliphatic hydroxyl groups excluding tert-OH is 1. The first-order valence-electron chi connectivity index (χ1n) is 6.56. The van der Waals surface area contributed by atoms with Crippen molar-refractivity contribution >= 4 is 0 Å². The topological polar surface area (TPSA) is 71.2 Å². The van der Waals surface area contributed by atoms with Crippen LogP contribution in [0.3, 0.4) is 0 Å². The summed E-state index contributed by atoms with van der Waals surface area (Å²) in [5.41, 5.74) is 0.910. The Morgan fingerprint density at radius 3 is 2.79 bits per heavy atom. The van der Waals surface area contributed by atoms with Crippen LogP contribution in [0.2, 0.25) is 0 Å². The second-order valence-corrected chi connectivity index (χ2v) is 4.44. The molecular formula is C14H19N3O2. The molecule has 0 radical (unpaired) electrons. The molecular weight excluding hydrogens is 242 g/mol. The van der Waals surface area contributed by atoms with Gasteiger partial charge in [-0.05, 0) is 18.6 Å². The number of aromatic nitrogens is 2. The monoisotopic (exact) mass is 261 g/mol. The summed E-state index contributed by atoms with van der Waals surface area (Å²) in [6, 6.07) is 9.65. The van der Waals surface area contributed by atoms with Crippen LogP contribution in [0.15, 0.2) is 34.7 Å². The summed E-state index contributed by atoms with van der Waals surface area (Å²) >= 11 is 0. The lowest BCUT2D eigenvalue weighted by molar-refractivity contribution is 0.159. The molecule has 5 nitrogen and oxygen atoms in total. The third-order valence-electron chi connectivity index (χ3n) is 2.77. The van der Waals surface area contributed by atoms with Gasteiger partial charge in [-0.25, -0.2) is 0 Å². The van der Waals surface area contributed by atoms with E-state index in [2.05, 4.69) is 15.5 Å². The Labute approximate surface area is 112 Å². The Morgan fingerprint density at radius 2 is 2.05 bits per heavy atom. The van der Waals surface area contributed by atoms with Gasteiger partial charge < -0.3 is 14.8 Å². The quantitative estimate of drug-likeness (QED) is 0.797. The van der Waals surface area contributed by atoms with E-state index in [1.54, 1.807) is 0 Å². The maximum Gasteiger partial charge on any atom is 0.247 e. The van der Waals surface area contributed by atoms with Gasteiger partial charge in [-0.15, -0.1) is 10.2 Å². The van der Waals surface area contributed by atoms with Crippen molar-refractivity contribution < 1.29 is 9.52 Å². The first-order chi connectivity index (χ1) is 9.29. The molecule has 0 bridgehead atoms. The Hall–Kier alpha value is -1.72. The number of hydrogen-bond acceptors (Lipinski definition) is 5. The lowest BCUT2D eigenvalue weighted by Crippen LogP contribution is -2.26. The maximum atomic E-state index is 9.58. The average Bonchev–Trinajstić information content (AvgIpc) is 2.89. The number of nitrogens with zero attached hydrogens (tertiary/aromatic N) is 2. The van der Waals surface area contributed by atoms with Gasteiger partial charge in [0.2, 0.25) is 11.8 Å². The molecule has 0 fully saturated rings. The average molecular weight is 261 g/mol. The van der Waals surface area contributed by atoms with Crippen LogP contribution in [0, 0.1) is 0 Å². The molecule has 2 rings (SSSR count). The predicted octanol–water partition coefficient (Wildman–Crippen LogP) is 1.99. The van der Waals surface area contributed by atoms with Crippen molar-refractivity contribution in [3.05, 3.63) is 36.2 Å². The van der Waals surface area contributed by atoms with Crippen molar-refractivity contribution in [1.29, 1.82) is 0 Å². The van der Waals surface area contributed by atoms with Crippen LogP contribution >= 0.6 is 0 Å². The van der Waals surface area contributed by atoms with Crippen LogP contribution in [0.5, 0.6) is 0 Å². The number of nitrogens with one attached hydrogen (secondary N) is 1. The molecule has 0 saturated heterocycles. The molecule has 0 aliphatic carbocycles. The number of benzene rings is 1. The SMILES string of the molecule is CCCC(O)CNCc1nnc(-c2ccccc2)o1. The molecule has 0 spiro atoms. The summed E-state index contributed by atoms with van der Waals surface area (Å²) in [6.07, 6.45) is 1.45. The van der Waals surface area contributed by atoms with Crippen LogP contribution in [-0.4, -0.2) is 28.0 Å². The Bertz CT molecular complexity index is 484. The highest BCUT2D eigenvalue weighted by Gasteiger charge is 2.08. The van der Waals surface area contributed by atoms with E-state index < -0.39 is 0 Å². The molecule has 1 aromatic heterocycles. The summed E-state index contributed by atoms with van der Waals surface area (Å²) in [7, 11) is 0. The minimum absolute atomic E-state index is 0.318. The first kappa shape index (κ1) is 13.7. The van der Waals surface area contributed by atoms with E-state index in [1.807, 2.05) is 37.3 Å². The van der Waals surface area contributed by atoms with E-state index in [9.17, 15) is 5.11 Å². The van der Waals surface area contributed by atoms with E-state index >= 15 is 0 Å². The standard InChI is InChI=1S/C14H19N3O2/c1-2-6-12(18)9-15-10-13-16-17-14(19-13)11-7-4-3-5-8-11/h3-5,7-8,12,15,18H,2,6,9-10H2,1H3. The zero-order valence-electron chi connectivity index (χ0n) is 11.0. The smallest absolute Gasteiger partial charge is 0.247 e. The third-order valence-corrected chi connectivity index (χ3v) is 2.77. The second-order valence-electron chi connectivity index (χ2n) is 4.44. The van der Waals surface area contributed by atoms with Crippen molar-refractivity contribution in [2.45, 2.75) is 32.4 Å². The minimum Gasteiger partial charge on any atom is -0.419 e. The third kappa shape index (κ3) is 4.15. The molecule has 1 atom stereocenters. The molecule has 0 saturated carbocycles. The van der Waals surface area contributed by atoms with Gasteiger partial charge >= 0.3 is 0 Å². The van der Waals surface area contributed by atoms with Gasteiger partial charge in [0, 0.05) is 12.1 Å². The molecule has 0 aliphatic rings. The van der Waals surface area contributed by atoms with Gasteiger partial charge in [0.25, 0.3) is 0 Å². The fraction of sp³-hybridized carbons (Fsp3) is 0.429. The molecule has 1 unspecified atom stereocenters. The maximum absolute atomic E-state index is 9.58. The van der Waals surface area contributed by atoms with Crippen LogP contribution in [0.1, 0.15) is 25.7 Å². The Morgan fingerprint density at radius 1 is 1.26 bits per heavy atom. The van der Waals surface area contributed by atoms with Crippen molar-refractivity contribution in [3.8, 4) is 11.5 Å². The van der Waals surface area contributed by atoms with Crippen molar-refractivity contribution in [2.24, 2.45) is 0 Å². The van der Waals surface area contributed by atoms with Gasteiger partial charge in [0.15, 0.2) is 0 Å². The summed E-state index contributed by atoms with van der Waals surface area (Å²) < 4.78 is 5.55. The first-order valence-corrected chi connectivity index (χ1v) is 6.56. The zero-order valence-corrected chi connectivity index (χ0v) is 11.0. The van der Waals surface area contributed by atoms with E-state index in [1.165, 1.54) is 0 Å². The van der Waals surface area contributed by atoms with Gasteiger partial charge in [-0.3, -0.25) is 0 Å². The molecule has 19 heavy (non-hydrogen) atoms. The van der Waals surface area contributed by atoms with E-state index in [4.69, 9.17) is 4.42 Å². The summed E-state index contributed by atoms with van der Waals surface area (Å²) in [5, 5.41) is 20.7. The molecule has 0 aliphatic heterocycles. The lowest BCUT2D eigenvalue weighted by atomic mass is 10.2. The molecule has 2 aromatic rings. The predicted molar refractivity (Wildman–Crippen MR) is 72.4 cm³/mol. The number of hydrogen-bond donors (Lipinski definition) is 2. The molecule has 5 heteroatoms. The highest BCUT2D eigenvalue weighted by Crippen LogP contribution is 2.16. The van der Waals surface area contributed by atoms with Gasteiger partial charge in [-0.2, -0.15) is 0 Å². The van der Waals surface area contributed by atoms with E-state index in [-0.39, 0.29) is 6.10 Å². The largest absolute Gasteiger partial charge is 0.419 e. The van der Waals surface area contributed by atoms with Gasteiger partial charge in [0.1, 0.15) is 0 Å². The number of aliphatic hydroxyl groups is 1. The Kier molecular flexibility index (Phi) is 5.06. The van der Waals surface area contributed by atoms with E-state index in [0.717, 1.165) is 18.4 Å². The zero-order chi connectivity index (χ0) is 13.5. The molecule has 2 N–H and O–H groups in total. The molecule has 0 amide bonds. The second kappa shape index (κ2) is 7.01. The Balaban J connectivity index is 1.85. The summed E-state index contributed by atoms with van der Waals surface area (Å²) in [5.74, 6) is 1.05. The molecule has 102 valence electrons. The normalized spacial score (nSPS) is 12.5. The minimum atomic E-state index is -0.318. The highest BCUT2D eigenvalue weighted by molar-refractivity contribution is 5.51. The molecule has 1 aromatic carbocycles. The van der Waals surface area contributed by atoms with Crippen molar-refractivity contribution in [1.82, 2.24) is 15.5 Å². The summed E-state index contributed by atoms with van der Waals surface area (Å²) in [4.78, 5) is 0. The lowest BCUT2D eigenvalue weighted by Gasteiger charge is -2.08. The molecule has 1 heterocycles. The van der Waals surface area contributed by atoms with Gasteiger partial charge in [0.05, 0.1) is 12.6 Å². The van der Waals surface area contributed by atoms with Gasteiger partial charge in [-0.1, -0.05) is 31.5 Å². The van der Waals surface area contributed by atoms with Crippen LogP contribution in [0.4, 0.5) is 0 Å². The van der Waals surface area contributed by atoms with Crippen molar-refractivity contribution in [3.63, 3.8) is 0 Å². The summed E-state index contributed by atoms with van der Waals surface area (Å²) in [6.45, 7) is 3.06. The van der Waals surface area contributed by atoms with Crippen LogP contribution in [0.25, 0.3) is 11.5 Å². The fourth-order valence-electron chi connectivity index (χ4n) is 1.80. The van der Waals surface area contributed by atoms with Crippen LogP contribution < -0.4 is 5.32 Å². The van der Waals surface area contributed by atoms with Crippen LogP contribution in [-0.2, 0) is 6.54 Å². The number of rotatable bonds is 7. The van der Waals surface area contributed by atoms with E-state index in [0.29, 0.717) is 24.9 Å². The fourth-order valence-corrected chi connectivity index (χ4v) is 1.80. The van der Waals surface area contributed by atoms with Crippen molar-refractivity contribution in [2.75, 3.05) is 6.54 Å². The highest BCUT2D eigenvalue weighted by atomic mass is 16.4.